The molecular weight excluding hydrogens is 413 g/mol. The standard InChI is InChI=1S/C22H23ClFNO5/c23-9-7-16(20(27)12-3-5-15(24)6-4-12)30-17(26)8-10-25-21(28)18-13-1-2-14(11-13)19(18)22(25)29/h3-6,13-14,16,18-19H,1-2,7-11H2/t13-,14-,16-,18+,19+/m0/s1. The number of ketones is 1. The molecule has 0 radical (unpaired) electrons. The molecule has 1 aromatic carbocycles. The predicted octanol–water partition coefficient (Wildman–Crippen LogP) is 2.97. The minimum absolute atomic E-state index is 0.0404. The first-order valence-electron chi connectivity index (χ1n) is 10.3. The Kier molecular flexibility index (Phi) is 5.91. The highest BCUT2D eigenvalue weighted by atomic mass is 35.5. The lowest BCUT2D eigenvalue weighted by atomic mass is 9.81. The number of ether oxygens (including phenoxy) is 1. The average molecular weight is 436 g/mol. The SMILES string of the molecule is O=C(CCN1C(=O)[C@@H]2[C@H]3CC[C@@H](C3)[C@H]2C1=O)O[C@@H](CCCl)C(=O)c1ccc(F)cc1. The number of fused-ring (bicyclic) bond motifs is 5. The monoisotopic (exact) mass is 435 g/mol. The summed E-state index contributed by atoms with van der Waals surface area (Å²) in [5.74, 6) is -1.76. The van der Waals surface area contributed by atoms with Crippen LogP contribution >= 0.6 is 11.6 Å². The van der Waals surface area contributed by atoms with Gasteiger partial charge < -0.3 is 4.74 Å². The first-order chi connectivity index (χ1) is 14.4. The van der Waals surface area contributed by atoms with Gasteiger partial charge in [0.05, 0.1) is 18.3 Å². The van der Waals surface area contributed by atoms with Crippen LogP contribution < -0.4 is 0 Å². The molecule has 0 aromatic heterocycles. The highest BCUT2D eigenvalue weighted by molar-refractivity contribution is 6.18. The number of benzene rings is 1. The first kappa shape index (κ1) is 21.0. The van der Waals surface area contributed by atoms with Crippen LogP contribution in [0.2, 0.25) is 0 Å². The highest BCUT2D eigenvalue weighted by Crippen LogP contribution is 2.56. The molecule has 1 heterocycles. The molecule has 160 valence electrons. The maximum Gasteiger partial charge on any atom is 0.308 e. The van der Waals surface area contributed by atoms with Crippen molar-refractivity contribution in [2.24, 2.45) is 23.7 Å². The van der Waals surface area contributed by atoms with Crippen LogP contribution in [0.1, 0.15) is 42.5 Å². The van der Waals surface area contributed by atoms with Crippen LogP contribution in [0.5, 0.6) is 0 Å². The van der Waals surface area contributed by atoms with Crippen LogP contribution in [0.4, 0.5) is 4.39 Å². The summed E-state index contributed by atoms with van der Waals surface area (Å²) in [6, 6.07) is 4.95. The quantitative estimate of drug-likeness (QED) is 0.271. The van der Waals surface area contributed by atoms with Crippen molar-refractivity contribution in [3.05, 3.63) is 35.6 Å². The van der Waals surface area contributed by atoms with Crippen LogP contribution in [0.3, 0.4) is 0 Å². The number of rotatable bonds is 8. The first-order valence-corrected chi connectivity index (χ1v) is 10.8. The lowest BCUT2D eigenvalue weighted by molar-refractivity contribution is -0.148. The molecular formula is C22H23ClFNO5. The number of alkyl halides is 1. The van der Waals surface area contributed by atoms with Crippen molar-refractivity contribution in [2.75, 3.05) is 12.4 Å². The van der Waals surface area contributed by atoms with Crippen molar-refractivity contribution in [2.45, 2.75) is 38.2 Å². The van der Waals surface area contributed by atoms with Gasteiger partial charge >= 0.3 is 5.97 Å². The number of esters is 1. The van der Waals surface area contributed by atoms with Crippen molar-refractivity contribution in [1.82, 2.24) is 4.90 Å². The fraction of sp³-hybridized carbons (Fsp3) is 0.545. The molecule has 6 nitrogen and oxygen atoms in total. The van der Waals surface area contributed by atoms with Crippen LogP contribution in [0, 0.1) is 29.5 Å². The Bertz CT molecular complexity index is 845. The molecule has 2 amide bonds. The largest absolute Gasteiger partial charge is 0.454 e. The maximum absolute atomic E-state index is 13.1. The zero-order valence-electron chi connectivity index (χ0n) is 16.4. The third kappa shape index (κ3) is 3.75. The predicted molar refractivity (Wildman–Crippen MR) is 105 cm³/mol. The van der Waals surface area contributed by atoms with Gasteiger partial charge in [-0.2, -0.15) is 0 Å². The van der Waals surface area contributed by atoms with E-state index in [2.05, 4.69) is 0 Å². The van der Waals surface area contributed by atoms with E-state index in [-0.39, 0.29) is 66.3 Å². The van der Waals surface area contributed by atoms with E-state index in [1.165, 1.54) is 17.0 Å². The minimum Gasteiger partial charge on any atom is -0.454 e. The van der Waals surface area contributed by atoms with E-state index >= 15 is 0 Å². The normalized spacial score (nSPS) is 28.0. The van der Waals surface area contributed by atoms with E-state index < -0.39 is 23.7 Å². The topological polar surface area (TPSA) is 80.8 Å². The van der Waals surface area contributed by atoms with Crippen LogP contribution in [-0.4, -0.2) is 47.0 Å². The molecule has 30 heavy (non-hydrogen) atoms. The number of halogens is 2. The molecule has 8 heteroatoms. The fourth-order valence-electron chi connectivity index (χ4n) is 5.25. The van der Waals surface area contributed by atoms with E-state index in [0.29, 0.717) is 0 Å². The summed E-state index contributed by atoms with van der Waals surface area (Å²) in [5.41, 5.74) is 0.215. The molecule has 1 aliphatic heterocycles. The Morgan fingerprint density at radius 3 is 2.27 bits per heavy atom. The highest BCUT2D eigenvalue weighted by Gasteiger charge is 2.60. The fourth-order valence-corrected chi connectivity index (χ4v) is 5.45. The van der Waals surface area contributed by atoms with Gasteiger partial charge in [-0.15, -0.1) is 11.6 Å². The van der Waals surface area contributed by atoms with E-state index in [9.17, 15) is 23.6 Å². The Morgan fingerprint density at radius 1 is 1.10 bits per heavy atom. The Hall–Kier alpha value is -2.28. The Morgan fingerprint density at radius 2 is 1.70 bits per heavy atom. The second-order valence-corrected chi connectivity index (χ2v) is 8.67. The van der Waals surface area contributed by atoms with Gasteiger partial charge in [0.1, 0.15) is 5.82 Å². The van der Waals surface area contributed by atoms with Gasteiger partial charge in [0.15, 0.2) is 6.10 Å². The van der Waals surface area contributed by atoms with Gasteiger partial charge in [-0.05, 0) is 55.4 Å². The molecule has 2 saturated carbocycles. The van der Waals surface area contributed by atoms with Gasteiger partial charge in [-0.25, -0.2) is 4.39 Å². The minimum atomic E-state index is -1.10. The lowest BCUT2D eigenvalue weighted by Gasteiger charge is -2.19. The molecule has 3 aliphatic rings. The molecule has 5 atom stereocenters. The Balaban J connectivity index is 1.35. The van der Waals surface area contributed by atoms with Crippen molar-refractivity contribution >= 4 is 35.2 Å². The zero-order valence-corrected chi connectivity index (χ0v) is 17.1. The summed E-state index contributed by atoms with van der Waals surface area (Å²) in [5, 5.41) is 0. The number of carbonyl (C=O) groups excluding carboxylic acids is 4. The average Bonchev–Trinajstić information content (AvgIpc) is 3.40. The number of hydrogen-bond acceptors (Lipinski definition) is 5. The van der Waals surface area contributed by atoms with Gasteiger partial charge in [0.25, 0.3) is 0 Å². The number of nitrogens with zero attached hydrogens (tertiary/aromatic N) is 1. The zero-order chi connectivity index (χ0) is 21.4. The molecule has 0 N–H and O–H groups in total. The van der Waals surface area contributed by atoms with Gasteiger partial charge in [-0.3, -0.25) is 24.1 Å². The summed E-state index contributed by atoms with van der Waals surface area (Å²) in [4.78, 5) is 51.5. The number of amides is 2. The second kappa shape index (κ2) is 8.46. The van der Waals surface area contributed by atoms with E-state index in [0.717, 1.165) is 31.4 Å². The summed E-state index contributed by atoms with van der Waals surface area (Å²) in [6.45, 7) is -0.0404. The van der Waals surface area contributed by atoms with Crippen LogP contribution in [-0.2, 0) is 19.1 Å². The van der Waals surface area contributed by atoms with E-state index in [4.69, 9.17) is 16.3 Å². The number of hydrogen-bond donors (Lipinski definition) is 0. The number of carbonyl (C=O) groups is 4. The van der Waals surface area contributed by atoms with Gasteiger partial charge in [0.2, 0.25) is 17.6 Å². The number of imide groups is 1. The third-order valence-electron chi connectivity index (χ3n) is 6.62. The van der Waals surface area contributed by atoms with Crippen molar-refractivity contribution in [3.63, 3.8) is 0 Å². The molecule has 2 bridgehead atoms. The van der Waals surface area contributed by atoms with Crippen molar-refractivity contribution in [1.29, 1.82) is 0 Å². The van der Waals surface area contributed by atoms with Crippen molar-refractivity contribution in [3.8, 4) is 0 Å². The second-order valence-electron chi connectivity index (χ2n) is 8.29. The molecule has 1 aromatic rings. The third-order valence-corrected chi connectivity index (χ3v) is 6.84. The molecule has 3 fully saturated rings. The summed E-state index contributed by atoms with van der Waals surface area (Å²) in [7, 11) is 0. The van der Waals surface area contributed by atoms with E-state index in [1.807, 2.05) is 0 Å². The summed E-state index contributed by atoms with van der Waals surface area (Å²) < 4.78 is 18.4. The van der Waals surface area contributed by atoms with E-state index in [1.54, 1.807) is 0 Å². The van der Waals surface area contributed by atoms with Gasteiger partial charge in [-0.1, -0.05) is 0 Å². The number of likely N-dealkylation sites (tertiary alicyclic amines) is 1. The summed E-state index contributed by atoms with van der Waals surface area (Å²) in [6.07, 6.45) is 1.77. The molecule has 2 aliphatic carbocycles. The van der Waals surface area contributed by atoms with Crippen LogP contribution in [0.15, 0.2) is 24.3 Å². The molecule has 4 rings (SSSR count). The smallest absolute Gasteiger partial charge is 0.308 e. The molecule has 0 spiro atoms. The Labute approximate surface area is 178 Å². The molecule has 1 saturated heterocycles. The van der Waals surface area contributed by atoms with Crippen LogP contribution in [0.25, 0.3) is 0 Å². The molecule has 0 unspecified atom stereocenters. The maximum atomic E-state index is 13.1. The number of Topliss-reactive ketones (excluding diaryl/α,β-unsaturated/α-hetero) is 1. The van der Waals surface area contributed by atoms with Crippen molar-refractivity contribution < 1.29 is 28.3 Å². The summed E-state index contributed by atoms with van der Waals surface area (Å²) >= 11 is 5.74. The lowest BCUT2D eigenvalue weighted by Crippen LogP contribution is -2.36. The van der Waals surface area contributed by atoms with Gasteiger partial charge in [0, 0.05) is 24.4 Å².